The van der Waals surface area contributed by atoms with E-state index >= 15 is 0 Å². The first kappa shape index (κ1) is 13.0. The molecule has 0 aliphatic carbocycles. The molecule has 0 fully saturated rings. The molecule has 19 heavy (non-hydrogen) atoms. The van der Waals surface area contributed by atoms with E-state index in [2.05, 4.69) is 9.73 Å². The topological polar surface area (TPSA) is 38.7 Å². The van der Waals surface area contributed by atoms with Crippen molar-refractivity contribution in [3.63, 3.8) is 0 Å². The average Bonchev–Trinajstić information content (AvgIpc) is 2.45. The Morgan fingerprint density at radius 3 is 2.74 bits per heavy atom. The third kappa shape index (κ3) is 3.25. The summed E-state index contributed by atoms with van der Waals surface area (Å²) >= 11 is 0. The molecule has 96 valence electrons. The lowest BCUT2D eigenvalue weighted by atomic mass is 10.1. The van der Waals surface area contributed by atoms with E-state index < -0.39 is 5.97 Å². The number of benzene rings is 2. The standard InChI is InChI=1S/C15H12FNO2/c1-19-15(18)14-8-3-2-5-11(14)10-17-13-7-4-6-12(16)9-13/h2-10H,1H3. The fourth-order valence-corrected chi connectivity index (χ4v) is 1.61. The van der Waals surface area contributed by atoms with Crippen molar-refractivity contribution < 1.29 is 13.9 Å². The molecular formula is C15H12FNO2. The van der Waals surface area contributed by atoms with E-state index in [0.717, 1.165) is 0 Å². The highest BCUT2D eigenvalue weighted by Gasteiger charge is 2.08. The highest BCUT2D eigenvalue weighted by atomic mass is 19.1. The van der Waals surface area contributed by atoms with E-state index in [0.29, 0.717) is 16.8 Å². The Morgan fingerprint density at radius 1 is 1.21 bits per heavy atom. The zero-order chi connectivity index (χ0) is 13.7. The summed E-state index contributed by atoms with van der Waals surface area (Å²) < 4.78 is 17.7. The molecule has 0 N–H and O–H groups in total. The van der Waals surface area contributed by atoms with Crippen LogP contribution in [0.4, 0.5) is 10.1 Å². The van der Waals surface area contributed by atoms with Gasteiger partial charge in [-0.1, -0.05) is 24.3 Å². The summed E-state index contributed by atoms with van der Waals surface area (Å²) in [7, 11) is 1.32. The molecule has 2 aromatic carbocycles. The Bertz CT molecular complexity index is 623. The zero-order valence-corrected chi connectivity index (χ0v) is 10.3. The first-order valence-corrected chi connectivity index (χ1v) is 5.67. The summed E-state index contributed by atoms with van der Waals surface area (Å²) in [5, 5.41) is 0. The van der Waals surface area contributed by atoms with Gasteiger partial charge in [-0.15, -0.1) is 0 Å². The van der Waals surface area contributed by atoms with E-state index in [4.69, 9.17) is 0 Å². The summed E-state index contributed by atoms with van der Waals surface area (Å²) in [6.45, 7) is 0. The molecule has 2 rings (SSSR count). The number of aliphatic imine (C=N–C) groups is 1. The largest absolute Gasteiger partial charge is 0.465 e. The SMILES string of the molecule is COC(=O)c1ccccc1C=Nc1cccc(F)c1. The molecular weight excluding hydrogens is 245 g/mol. The maximum atomic E-state index is 13.0. The molecule has 0 aromatic heterocycles. The van der Waals surface area contributed by atoms with Gasteiger partial charge >= 0.3 is 5.97 Å². The second-order valence-corrected chi connectivity index (χ2v) is 3.82. The van der Waals surface area contributed by atoms with E-state index in [1.54, 1.807) is 36.4 Å². The average molecular weight is 257 g/mol. The van der Waals surface area contributed by atoms with Crippen LogP contribution in [0.1, 0.15) is 15.9 Å². The van der Waals surface area contributed by atoms with Gasteiger partial charge in [0.05, 0.1) is 18.4 Å². The van der Waals surface area contributed by atoms with E-state index in [9.17, 15) is 9.18 Å². The number of hydrogen-bond acceptors (Lipinski definition) is 3. The molecule has 0 saturated heterocycles. The number of esters is 1. The smallest absolute Gasteiger partial charge is 0.338 e. The van der Waals surface area contributed by atoms with Crippen LogP contribution in [0.5, 0.6) is 0 Å². The summed E-state index contributed by atoms with van der Waals surface area (Å²) in [6.07, 6.45) is 1.51. The van der Waals surface area contributed by atoms with Gasteiger partial charge in [0, 0.05) is 11.8 Å². The molecule has 0 unspecified atom stereocenters. The Balaban J connectivity index is 2.31. The predicted molar refractivity (Wildman–Crippen MR) is 71.4 cm³/mol. The van der Waals surface area contributed by atoms with Crippen LogP contribution in [0.15, 0.2) is 53.5 Å². The van der Waals surface area contributed by atoms with Gasteiger partial charge in [-0.05, 0) is 24.3 Å². The van der Waals surface area contributed by atoms with Gasteiger partial charge in [0.15, 0.2) is 0 Å². The highest BCUT2D eigenvalue weighted by Crippen LogP contribution is 2.14. The number of ether oxygens (including phenoxy) is 1. The number of hydrogen-bond donors (Lipinski definition) is 0. The van der Waals surface area contributed by atoms with E-state index in [1.165, 1.54) is 25.5 Å². The van der Waals surface area contributed by atoms with Crippen LogP contribution in [0.2, 0.25) is 0 Å². The second-order valence-electron chi connectivity index (χ2n) is 3.82. The van der Waals surface area contributed by atoms with Crippen molar-refractivity contribution in [3.05, 3.63) is 65.5 Å². The first-order chi connectivity index (χ1) is 9.20. The fourth-order valence-electron chi connectivity index (χ4n) is 1.61. The van der Waals surface area contributed by atoms with Crippen molar-refractivity contribution in [2.45, 2.75) is 0 Å². The van der Waals surface area contributed by atoms with Crippen LogP contribution in [-0.4, -0.2) is 19.3 Å². The van der Waals surface area contributed by atoms with Crippen molar-refractivity contribution in [1.29, 1.82) is 0 Å². The molecule has 0 saturated carbocycles. The van der Waals surface area contributed by atoms with E-state index in [1.807, 2.05) is 0 Å². The van der Waals surface area contributed by atoms with Gasteiger partial charge in [0.1, 0.15) is 5.82 Å². The van der Waals surface area contributed by atoms with Crippen LogP contribution in [0.3, 0.4) is 0 Å². The van der Waals surface area contributed by atoms with Crippen molar-refractivity contribution in [2.75, 3.05) is 7.11 Å². The van der Waals surface area contributed by atoms with Gasteiger partial charge in [-0.3, -0.25) is 4.99 Å². The number of halogens is 1. The maximum absolute atomic E-state index is 13.0. The van der Waals surface area contributed by atoms with Crippen molar-refractivity contribution in [1.82, 2.24) is 0 Å². The van der Waals surface area contributed by atoms with Crippen LogP contribution in [0.25, 0.3) is 0 Å². The number of carbonyl (C=O) groups is 1. The van der Waals surface area contributed by atoms with Gasteiger partial charge in [0.2, 0.25) is 0 Å². The predicted octanol–water partition coefficient (Wildman–Crippen LogP) is 3.36. The number of rotatable bonds is 3. The second kappa shape index (κ2) is 5.91. The lowest BCUT2D eigenvalue weighted by molar-refractivity contribution is 0.0600. The number of methoxy groups -OCH3 is 1. The summed E-state index contributed by atoms with van der Waals surface area (Å²) in [6, 6.07) is 12.9. The molecule has 0 amide bonds. The highest BCUT2D eigenvalue weighted by molar-refractivity contribution is 5.99. The summed E-state index contributed by atoms with van der Waals surface area (Å²) in [5.74, 6) is -0.780. The number of carbonyl (C=O) groups excluding carboxylic acids is 1. The molecule has 2 aromatic rings. The molecule has 0 heterocycles. The van der Waals surface area contributed by atoms with Gasteiger partial charge in [0.25, 0.3) is 0 Å². The third-order valence-corrected chi connectivity index (χ3v) is 2.53. The summed E-state index contributed by atoms with van der Waals surface area (Å²) in [5.41, 5.74) is 1.53. The Kier molecular flexibility index (Phi) is 4.03. The van der Waals surface area contributed by atoms with E-state index in [-0.39, 0.29) is 5.82 Å². The minimum atomic E-state index is -0.429. The Hall–Kier alpha value is -2.49. The molecule has 0 bridgehead atoms. The minimum absolute atomic E-state index is 0.351. The van der Waals surface area contributed by atoms with Crippen LogP contribution in [-0.2, 0) is 4.74 Å². The van der Waals surface area contributed by atoms with Crippen LogP contribution < -0.4 is 0 Å². The molecule has 0 radical (unpaired) electrons. The lowest BCUT2D eigenvalue weighted by Crippen LogP contribution is -2.04. The summed E-state index contributed by atoms with van der Waals surface area (Å²) in [4.78, 5) is 15.7. The quantitative estimate of drug-likeness (QED) is 0.624. The van der Waals surface area contributed by atoms with Crippen molar-refractivity contribution in [2.24, 2.45) is 4.99 Å². The van der Waals surface area contributed by atoms with Crippen molar-refractivity contribution >= 4 is 17.9 Å². The Labute approximate surface area is 110 Å². The molecule has 0 aliphatic rings. The molecule has 4 heteroatoms. The maximum Gasteiger partial charge on any atom is 0.338 e. The van der Waals surface area contributed by atoms with Gasteiger partial charge in [-0.25, -0.2) is 9.18 Å². The van der Waals surface area contributed by atoms with Crippen LogP contribution in [0, 0.1) is 5.82 Å². The Morgan fingerprint density at radius 2 is 2.00 bits per heavy atom. The fraction of sp³-hybridized carbons (Fsp3) is 0.0667. The minimum Gasteiger partial charge on any atom is -0.465 e. The molecule has 0 spiro atoms. The van der Waals surface area contributed by atoms with Crippen molar-refractivity contribution in [3.8, 4) is 0 Å². The number of nitrogens with zero attached hydrogens (tertiary/aromatic N) is 1. The lowest BCUT2D eigenvalue weighted by Gasteiger charge is -2.02. The van der Waals surface area contributed by atoms with Gasteiger partial charge < -0.3 is 4.74 Å². The monoisotopic (exact) mass is 257 g/mol. The first-order valence-electron chi connectivity index (χ1n) is 5.67. The third-order valence-electron chi connectivity index (χ3n) is 2.53. The van der Waals surface area contributed by atoms with Crippen LogP contribution >= 0.6 is 0 Å². The molecule has 0 atom stereocenters. The van der Waals surface area contributed by atoms with Gasteiger partial charge in [-0.2, -0.15) is 0 Å². The zero-order valence-electron chi connectivity index (χ0n) is 10.3. The normalized spacial score (nSPS) is 10.6. The molecule has 0 aliphatic heterocycles. The molecule has 3 nitrogen and oxygen atoms in total.